The summed E-state index contributed by atoms with van der Waals surface area (Å²) in [5.74, 6) is -1.40. The van der Waals surface area contributed by atoms with E-state index in [1.165, 1.54) is 16.5 Å². The largest absolute Gasteiger partial charge is 0.368 e. The Bertz CT molecular complexity index is 1030. The molecular weight excluding hydrogens is 397 g/mol. The Balaban J connectivity index is 1.90. The fraction of sp³-hybridized carbons (Fsp3) is 0.421. The van der Waals surface area contributed by atoms with Crippen LogP contribution in [0.4, 0.5) is 10.1 Å². The predicted molar refractivity (Wildman–Crippen MR) is 108 cm³/mol. The molecule has 0 saturated carbocycles. The van der Waals surface area contributed by atoms with E-state index in [1.807, 2.05) is 6.07 Å². The summed E-state index contributed by atoms with van der Waals surface area (Å²) in [4.78, 5) is 0. The first-order chi connectivity index (χ1) is 13.6. The Morgan fingerprint density at radius 2 is 2.10 bits per heavy atom. The van der Waals surface area contributed by atoms with Crippen LogP contribution in [0.25, 0.3) is 6.08 Å². The van der Waals surface area contributed by atoms with E-state index in [0.717, 1.165) is 0 Å². The van der Waals surface area contributed by atoms with Gasteiger partial charge in [0.05, 0.1) is 24.0 Å². The standard InChI is InChI=1S/C19H24FN5O3S/c1-12(2)23-29(27,28)25-8-4-5-15-17(25)11-24(3)18(15)19(26)22-14-6-7-16(20)13(9-14)10-21/h4-7,11-13,19,22-23,26H,8-9H2,1-3H3. The number of hydrogen-bond acceptors (Lipinski definition) is 5. The second kappa shape index (κ2) is 8.02. The van der Waals surface area contributed by atoms with Gasteiger partial charge < -0.3 is 15.0 Å². The van der Waals surface area contributed by atoms with Crippen molar-refractivity contribution in [3.63, 3.8) is 0 Å². The fourth-order valence-corrected chi connectivity index (χ4v) is 4.86. The Morgan fingerprint density at radius 1 is 1.38 bits per heavy atom. The van der Waals surface area contributed by atoms with Gasteiger partial charge in [-0.2, -0.15) is 18.4 Å². The van der Waals surface area contributed by atoms with Gasteiger partial charge in [0.1, 0.15) is 11.7 Å². The topological polar surface area (TPSA) is 110 Å². The molecule has 2 unspecified atom stereocenters. The third-order valence-electron chi connectivity index (χ3n) is 4.68. The number of aromatic nitrogens is 1. The van der Waals surface area contributed by atoms with E-state index >= 15 is 0 Å². The molecule has 29 heavy (non-hydrogen) atoms. The zero-order valence-electron chi connectivity index (χ0n) is 16.4. The molecular formula is C19H24FN5O3S. The molecule has 0 fully saturated rings. The molecule has 1 aromatic rings. The highest BCUT2D eigenvalue weighted by Gasteiger charge is 2.31. The molecule has 1 aliphatic heterocycles. The molecule has 0 bridgehead atoms. The average molecular weight is 421 g/mol. The van der Waals surface area contributed by atoms with Gasteiger partial charge in [0.25, 0.3) is 0 Å². The molecule has 2 heterocycles. The van der Waals surface area contributed by atoms with Crippen molar-refractivity contribution in [1.82, 2.24) is 14.6 Å². The van der Waals surface area contributed by atoms with Crippen molar-refractivity contribution in [2.75, 3.05) is 10.8 Å². The van der Waals surface area contributed by atoms with Crippen LogP contribution in [0.15, 0.2) is 35.9 Å². The van der Waals surface area contributed by atoms with Crippen LogP contribution in [0, 0.1) is 17.2 Å². The van der Waals surface area contributed by atoms with Gasteiger partial charge in [-0.3, -0.25) is 4.31 Å². The highest BCUT2D eigenvalue weighted by Crippen LogP contribution is 2.35. The van der Waals surface area contributed by atoms with Gasteiger partial charge in [-0.15, -0.1) is 0 Å². The van der Waals surface area contributed by atoms with Crippen molar-refractivity contribution in [2.24, 2.45) is 13.0 Å². The van der Waals surface area contributed by atoms with Crippen LogP contribution in [0.3, 0.4) is 0 Å². The highest BCUT2D eigenvalue weighted by atomic mass is 32.2. The van der Waals surface area contributed by atoms with Crippen molar-refractivity contribution in [1.29, 1.82) is 5.26 Å². The lowest BCUT2D eigenvalue weighted by atomic mass is 9.98. The van der Waals surface area contributed by atoms with Gasteiger partial charge >= 0.3 is 10.2 Å². The van der Waals surface area contributed by atoms with Crippen LogP contribution in [0.1, 0.15) is 37.8 Å². The normalized spacial score (nSPS) is 20.0. The third-order valence-corrected chi connectivity index (χ3v) is 6.38. The van der Waals surface area contributed by atoms with E-state index in [0.29, 0.717) is 22.6 Å². The number of nitrogens with one attached hydrogen (secondary N) is 2. The molecule has 2 aliphatic rings. The van der Waals surface area contributed by atoms with Crippen LogP contribution < -0.4 is 14.3 Å². The average Bonchev–Trinajstić information content (AvgIpc) is 2.97. The summed E-state index contributed by atoms with van der Waals surface area (Å²) >= 11 is 0. The van der Waals surface area contributed by atoms with Gasteiger partial charge in [-0.05, 0) is 26.0 Å². The van der Waals surface area contributed by atoms with Crippen LogP contribution in [0.5, 0.6) is 0 Å². The first kappa shape index (κ1) is 21.1. The van der Waals surface area contributed by atoms with E-state index in [2.05, 4.69) is 10.0 Å². The zero-order valence-corrected chi connectivity index (χ0v) is 17.2. The van der Waals surface area contributed by atoms with E-state index in [4.69, 9.17) is 5.26 Å². The molecule has 0 saturated heterocycles. The van der Waals surface area contributed by atoms with Crippen molar-refractivity contribution < 1.29 is 17.9 Å². The summed E-state index contributed by atoms with van der Waals surface area (Å²) in [6.07, 6.45) is 6.77. The maximum Gasteiger partial charge on any atom is 0.302 e. The van der Waals surface area contributed by atoms with E-state index < -0.39 is 28.2 Å². The Labute approximate surface area is 169 Å². The first-order valence-electron chi connectivity index (χ1n) is 9.20. The molecule has 1 aliphatic carbocycles. The molecule has 0 spiro atoms. The molecule has 0 aromatic carbocycles. The Kier molecular flexibility index (Phi) is 5.84. The monoisotopic (exact) mass is 421 g/mol. The van der Waals surface area contributed by atoms with Crippen LogP contribution in [-0.4, -0.2) is 30.7 Å². The second-order valence-corrected chi connectivity index (χ2v) is 8.94. The lowest BCUT2D eigenvalue weighted by Crippen LogP contribution is -2.44. The fourth-order valence-electron chi connectivity index (χ4n) is 3.45. The number of hydrogen-bond donors (Lipinski definition) is 3. The van der Waals surface area contributed by atoms with Crippen molar-refractivity contribution in [2.45, 2.75) is 32.5 Å². The molecule has 10 heteroatoms. The smallest absolute Gasteiger partial charge is 0.302 e. The molecule has 3 N–H and O–H groups in total. The summed E-state index contributed by atoms with van der Waals surface area (Å²) in [6.45, 7) is 3.67. The minimum absolute atomic E-state index is 0.122. The second-order valence-electron chi connectivity index (χ2n) is 7.31. The Hall–Kier alpha value is -2.61. The molecule has 156 valence electrons. The quantitative estimate of drug-likeness (QED) is 0.608. The number of fused-ring (bicyclic) bond motifs is 1. The van der Waals surface area contributed by atoms with Gasteiger partial charge in [-0.25, -0.2) is 4.39 Å². The van der Waals surface area contributed by atoms with Crippen molar-refractivity contribution in [3.05, 3.63) is 47.2 Å². The minimum Gasteiger partial charge on any atom is -0.368 e. The van der Waals surface area contributed by atoms with Gasteiger partial charge in [-0.1, -0.05) is 12.2 Å². The molecule has 0 radical (unpaired) electrons. The van der Waals surface area contributed by atoms with E-state index in [9.17, 15) is 17.9 Å². The number of aryl methyl sites for hydroxylation is 1. The molecule has 8 nitrogen and oxygen atoms in total. The van der Waals surface area contributed by atoms with Crippen molar-refractivity contribution in [3.8, 4) is 6.07 Å². The number of allylic oxidation sites excluding steroid dienone is 4. The lowest BCUT2D eigenvalue weighted by Gasteiger charge is -2.27. The molecule has 3 rings (SSSR count). The molecule has 0 amide bonds. The van der Waals surface area contributed by atoms with Crippen LogP contribution >= 0.6 is 0 Å². The summed E-state index contributed by atoms with van der Waals surface area (Å²) < 4.78 is 44.4. The van der Waals surface area contributed by atoms with Crippen LogP contribution in [-0.2, 0) is 17.3 Å². The number of aliphatic hydroxyl groups excluding tert-OH is 1. The number of aliphatic hydroxyl groups is 1. The highest BCUT2D eigenvalue weighted by molar-refractivity contribution is 7.90. The van der Waals surface area contributed by atoms with Gasteiger partial charge in [0.2, 0.25) is 0 Å². The molecule has 2 atom stereocenters. The lowest BCUT2D eigenvalue weighted by molar-refractivity contribution is 0.141. The maximum absolute atomic E-state index is 13.6. The number of rotatable bonds is 6. The minimum atomic E-state index is -3.75. The third kappa shape index (κ3) is 4.22. The summed E-state index contributed by atoms with van der Waals surface area (Å²) in [5.41, 5.74) is 2.01. The SMILES string of the molecule is CC(C)NS(=O)(=O)N1CC=Cc2c1cn(C)c2C(O)NC1=CC=C(F)C(C#N)C1. The molecule has 1 aromatic heterocycles. The van der Waals surface area contributed by atoms with Crippen molar-refractivity contribution >= 4 is 22.0 Å². The van der Waals surface area contributed by atoms with E-state index in [1.54, 1.807) is 43.8 Å². The van der Waals surface area contributed by atoms with Gasteiger partial charge in [0.15, 0.2) is 6.23 Å². The van der Waals surface area contributed by atoms with Gasteiger partial charge in [0, 0.05) is 37.0 Å². The number of halogens is 1. The summed E-state index contributed by atoms with van der Waals surface area (Å²) in [7, 11) is -2.04. The summed E-state index contributed by atoms with van der Waals surface area (Å²) in [5, 5.41) is 22.7. The number of nitrogens with zero attached hydrogens (tertiary/aromatic N) is 3. The Morgan fingerprint density at radius 3 is 2.76 bits per heavy atom. The zero-order chi connectivity index (χ0) is 21.3. The van der Waals surface area contributed by atoms with E-state index in [-0.39, 0.29) is 19.0 Å². The summed E-state index contributed by atoms with van der Waals surface area (Å²) in [6, 6.07) is 1.63. The maximum atomic E-state index is 13.6. The predicted octanol–water partition coefficient (Wildman–Crippen LogP) is 1.96. The first-order valence-corrected chi connectivity index (χ1v) is 10.6. The number of nitriles is 1. The van der Waals surface area contributed by atoms with Crippen LogP contribution in [0.2, 0.25) is 0 Å². The number of anilines is 1.